The largest absolute Gasteiger partial charge is 0.309 e. The fourth-order valence-corrected chi connectivity index (χ4v) is 4.90. The minimum atomic E-state index is -0.0654. The Morgan fingerprint density at radius 1 is 1.11 bits per heavy atom. The minimum Gasteiger partial charge on any atom is -0.309 e. The molecule has 0 bridgehead atoms. The third-order valence-corrected chi connectivity index (χ3v) is 6.53. The Hall–Kier alpha value is -2.28. The van der Waals surface area contributed by atoms with E-state index < -0.39 is 0 Å². The lowest BCUT2D eigenvalue weighted by Gasteiger charge is -2.17. The molecule has 4 aromatic rings. The van der Waals surface area contributed by atoms with Crippen LogP contribution in [0, 0.1) is 0 Å². The van der Waals surface area contributed by atoms with Gasteiger partial charge < -0.3 is 10.3 Å². The predicted molar refractivity (Wildman–Crippen MR) is 115 cm³/mol. The first kappa shape index (κ1) is 18.1. The van der Waals surface area contributed by atoms with E-state index in [0.29, 0.717) is 17.1 Å². The number of fused-ring (bicyclic) bond motifs is 1. The molecule has 2 atom stereocenters. The summed E-state index contributed by atoms with van der Waals surface area (Å²) in [7, 11) is 0. The molecule has 0 aliphatic heterocycles. The molecule has 2 N–H and O–H groups in total. The van der Waals surface area contributed by atoms with Gasteiger partial charge in [-0.15, -0.1) is 22.7 Å². The van der Waals surface area contributed by atoms with Gasteiger partial charge in [0.05, 0.1) is 11.4 Å². The van der Waals surface area contributed by atoms with Crippen molar-refractivity contribution in [3.8, 4) is 10.4 Å². The molecule has 3 heterocycles. The summed E-state index contributed by atoms with van der Waals surface area (Å²) >= 11 is 3.16. The molecule has 4 rings (SSSR count). The highest BCUT2D eigenvalue weighted by Crippen LogP contribution is 2.33. The Morgan fingerprint density at radius 2 is 1.93 bits per heavy atom. The fraction of sp³-hybridized carbons (Fsp3) is 0.238. The lowest BCUT2D eigenvalue weighted by Crippen LogP contribution is -2.26. The molecule has 0 unspecified atom stereocenters. The molecule has 0 aliphatic rings. The van der Waals surface area contributed by atoms with Crippen LogP contribution in [0.15, 0.2) is 58.0 Å². The van der Waals surface area contributed by atoms with Crippen LogP contribution in [0.1, 0.15) is 37.2 Å². The van der Waals surface area contributed by atoms with Crippen LogP contribution in [0.4, 0.5) is 0 Å². The van der Waals surface area contributed by atoms with Gasteiger partial charge in [-0.05, 0) is 29.9 Å². The van der Waals surface area contributed by atoms with E-state index in [1.165, 1.54) is 16.9 Å². The first-order chi connectivity index (χ1) is 13.1. The van der Waals surface area contributed by atoms with E-state index in [1.807, 2.05) is 35.9 Å². The molecule has 0 radical (unpaired) electrons. The summed E-state index contributed by atoms with van der Waals surface area (Å²) in [6.07, 6.45) is 0. The number of rotatable bonds is 6. The lowest BCUT2D eigenvalue weighted by atomic mass is 10.0. The average molecular weight is 396 g/mol. The Kier molecular flexibility index (Phi) is 5.20. The Balaban J connectivity index is 1.54. The van der Waals surface area contributed by atoms with Crippen LogP contribution >= 0.6 is 22.7 Å². The predicted octanol–water partition coefficient (Wildman–Crippen LogP) is 5.17. The highest BCUT2D eigenvalue weighted by Gasteiger charge is 2.16. The average Bonchev–Trinajstić information content (AvgIpc) is 3.36. The standard InChI is InChI=1S/C21H21N3OS2/c1-13(15-7-4-3-5-8-15)11-22-14(2)19-23-20(25)18-16(12-27-21(18)24-19)17-9-6-10-26-17/h3-10,12-14,22H,11H2,1-2H3,(H,23,24,25)/t13-,14+/m0/s1. The number of hydrogen-bond acceptors (Lipinski definition) is 5. The highest BCUT2D eigenvalue weighted by molar-refractivity contribution is 7.18. The van der Waals surface area contributed by atoms with Crippen LogP contribution in [0.5, 0.6) is 0 Å². The monoisotopic (exact) mass is 395 g/mol. The molecule has 0 amide bonds. The number of aromatic nitrogens is 2. The highest BCUT2D eigenvalue weighted by atomic mass is 32.1. The summed E-state index contributed by atoms with van der Waals surface area (Å²) < 4.78 is 0. The van der Waals surface area contributed by atoms with Gasteiger partial charge in [0.25, 0.3) is 5.56 Å². The second-order valence-corrected chi connectivity index (χ2v) is 8.51. The number of benzene rings is 1. The molecule has 0 saturated heterocycles. The number of H-pyrrole nitrogens is 1. The van der Waals surface area contributed by atoms with Gasteiger partial charge in [0.15, 0.2) is 0 Å². The van der Waals surface area contributed by atoms with E-state index in [-0.39, 0.29) is 11.6 Å². The topological polar surface area (TPSA) is 57.8 Å². The van der Waals surface area contributed by atoms with E-state index in [4.69, 9.17) is 4.98 Å². The molecular weight excluding hydrogens is 374 g/mol. The van der Waals surface area contributed by atoms with Crippen molar-refractivity contribution in [3.63, 3.8) is 0 Å². The quantitative estimate of drug-likeness (QED) is 0.474. The summed E-state index contributed by atoms with van der Waals surface area (Å²) in [5.74, 6) is 1.07. The summed E-state index contributed by atoms with van der Waals surface area (Å²) in [4.78, 5) is 22.3. The molecular formula is C21H21N3OS2. The van der Waals surface area contributed by atoms with Crippen LogP contribution in [0.3, 0.4) is 0 Å². The number of nitrogens with one attached hydrogen (secondary N) is 2. The summed E-state index contributed by atoms with van der Waals surface area (Å²) in [6.45, 7) is 5.05. The molecule has 0 saturated carbocycles. The second kappa shape index (κ2) is 7.76. The van der Waals surface area contributed by atoms with Crippen LogP contribution in [-0.4, -0.2) is 16.5 Å². The van der Waals surface area contributed by atoms with E-state index in [2.05, 4.69) is 41.5 Å². The van der Waals surface area contributed by atoms with Gasteiger partial charge in [-0.3, -0.25) is 4.79 Å². The molecule has 1 aromatic carbocycles. The third kappa shape index (κ3) is 3.74. The Morgan fingerprint density at radius 3 is 2.67 bits per heavy atom. The van der Waals surface area contributed by atoms with Crippen molar-refractivity contribution < 1.29 is 0 Å². The van der Waals surface area contributed by atoms with Crippen molar-refractivity contribution in [1.29, 1.82) is 0 Å². The maximum atomic E-state index is 12.7. The van der Waals surface area contributed by atoms with Crippen LogP contribution < -0.4 is 10.9 Å². The Bertz CT molecular complexity index is 1080. The summed E-state index contributed by atoms with van der Waals surface area (Å²) in [5, 5.41) is 8.24. The molecule has 3 aromatic heterocycles. The normalized spacial score (nSPS) is 13.7. The van der Waals surface area contributed by atoms with Crippen molar-refractivity contribution in [2.75, 3.05) is 6.54 Å². The molecule has 4 nitrogen and oxygen atoms in total. The van der Waals surface area contributed by atoms with E-state index in [9.17, 15) is 4.79 Å². The Labute approximate surface area is 165 Å². The molecule has 0 aliphatic carbocycles. The first-order valence-electron chi connectivity index (χ1n) is 8.97. The lowest BCUT2D eigenvalue weighted by molar-refractivity contribution is 0.517. The maximum absolute atomic E-state index is 12.7. The van der Waals surface area contributed by atoms with E-state index >= 15 is 0 Å². The van der Waals surface area contributed by atoms with Gasteiger partial charge in [0.1, 0.15) is 10.7 Å². The molecule has 0 spiro atoms. The van der Waals surface area contributed by atoms with E-state index in [0.717, 1.165) is 21.8 Å². The second-order valence-electron chi connectivity index (χ2n) is 6.70. The number of hydrogen-bond donors (Lipinski definition) is 2. The van der Waals surface area contributed by atoms with Crippen molar-refractivity contribution in [1.82, 2.24) is 15.3 Å². The molecule has 0 fully saturated rings. The zero-order valence-electron chi connectivity index (χ0n) is 15.2. The first-order valence-corrected chi connectivity index (χ1v) is 10.7. The molecule has 27 heavy (non-hydrogen) atoms. The van der Waals surface area contributed by atoms with Crippen LogP contribution in [-0.2, 0) is 0 Å². The third-order valence-electron chi connectivity index (χ3n) is 4.76. The van der Waals surface area contributed by atoms with Crippen LogP contribution in [0.2, 0.25) is 0 Å². The van der Waals surface area contributed by atoms with Crippen molar-refractivity contribution in [3.05, 3.63) is 75.0 Å². The minimum absolute atomic E-state index is 0.0273. The van der Waals surface area contributed by atoms with Crippen molar-refractivity contribution in [2.45, 2.75) is 25.8 Å². The molecule has 6 heteroatoms. The fourth-order valence-electron chi connectivity index (χ4n) is 3.13. The smallest absolute Gasteiger partial charge is 0.260 e. The maximum Gasteiger partial charge on any atom is 0.260 e. The van der Waals surface area contributed by atoms with Crippen molar-refractivity contribution in [2.24, 2.45) is 0 Å². The number of aromatic amines is 1. The van der Waals surface area contributed by atoms with Gasteiger partial charge in [0, 0.05) is 22.4 Å². The van der Waals surface area contributed by atoms with E-state index in [1.54, 1.807) is 11.3 Å². The zero-order chi connectivity index (χ0) is 18.8. The van der Waals surface area contributed by atoms with Gasteiger partial charge in [-0.2, -0.15) is 0 Å². The van der Waals surface area contributed by atoms with Gasteiger partial charge >= 0.3 is 0 Å². The van der Waals surface area contributed by atoms with Crippen molar-refractivity contribution >= 4 is 32.9 Å². The molecule has 138 valence electrons. The SMILES string of the molecule is C[C@@H](CN[C@H](C)c1nc2scc(-c3cccs3)c2c(=O)[nH]1)c1ccccc1. The zero-order valence-corrected chi connectivity index (χ0v) is 16.9. The summed E-state index contributed by atoms with van der Waals surface area (Å²) in [5.41, 5.74) is 2.21. The van der Waals surface area contributed by atoms with Crippen LogP contribution in [0.25, 0.3) is 20.7 Å². The number of thiophene rings is 2. The van der Waals surface area contributed by atoms with Gasteiger partial charge in [0.2, 0.25) is 0 Å². The van der Waals surface area contributed by atoms with Gasteiger partial charge in [-0.1, -0.05) is 43.3 Å². The van der Waals surface area contributed by atoms with Gasteiger partial charge in [-0.25, -0.2) is 4.98 Å². The number of nitrogens with zero attached hydrogens (tertiary/aromatic N) is 1. The summed E-state index contributed by atoms with van der Waals surface area (Å²) in [6, 6.07) is 14.4.